The van der Waals surface area contributed by atoms with E-state index in [1.54, 1.807) is 32.0 Å². The number of hydrogen-bond acceptors (Lipinski definition) is 8. The largest absolute Gasteiger partial charge is 0.507 e. The number of fused-ring (bicyclic) bond motifs is 1. The number of ether oxygens (including phenoxy) is 2. The van der Waals surface area contributed by atoms with Gasteiger partial charge in [-0.1, -0.05) is 49.4 Å². The van der Waals surface area contributed by atoms with Crippen LogP contribution in [0.15, 0.2) is 48.0 Å². The molecule has 2 aromatic carbocycles. The van der Waals surface area contributed by atoms with E-state index in [9.17, 15) is 19.5 Å². The molecule has 1 amide bonds. The predicted molar refractivity (Wildman–Crippen MR) is 148 cm³/mol. The molecule has 0 unspecified atom stereocenters. The number of amides is 1. The van der Waals surface area contributed by atoms with Crippen LogP contribution in [-0.2, 0) is 20.7 Å². The molecule has 3 heterocycles. The van der Waals surface area contributed by atoms with E-state index < -0.39 is 23.7 Å². The van der Waals surface area contributed by atoms with Crippen LogP contribution in [0.1, 0.15) is 77.3 Å². The molecule has 0 radical (unpaired) electrons. The van der Waals surface area contributed by atoms with Crippen molar-refractivity contribution in [1.82, 2.24) is 4.98 Å². The fourth-order valence-corrected chi connectivity index (χ4v) is 5.99. The van der Waals surface area contributed by atoms with Gasteiger partial charge in [-0.25, -0.2) is 9.78 Å². The molecule has 39 heavy (non-hydrogen) atoms. The molecule has 1 aromatic heterocycles. The fourth-order valence-electron chi connectivity index (χ4n) is 5.00. The Hall–Kier alpha value is -3.98. The number of carbonyl (C=O) groups is 3. The summed E-state index contributed by atoms with van der Waals surface area (Å²) in [4.78, 5) is 45.5. The third-order valence-corrected chi connectivity index (χ3v) is 8.12. The van der Waals surface area contributed by atoms with E-state index >= 15 is 0 Å². The first-order valence-electron chi connectivity index (χ1n) is 13.0. The summed E-state index contributed by atoms with van der Waals surface area (Å²) in [6.45, 7) is 9.68. The Morgan fingerprint density at radius 3 is 2.59 bits per heavy atom. The van der Waals surface area contributed by atoms with Crippen molar-refractivity contribution in [3.05, 3.63) is 80.9 Å². The number of Topliss-reactive ketones (excluding diaryl/α,β-unsaturated/α-hetero) is 1. The number of rotatable bonds is 6. The summed E-state index contributed by atoms with van der Waals surface area (Å²) >= 11 is 0.990. The van der Waals surface area contributed by atoms with Crippen LogP contribution in [0.25, 0.3) is 5.76 Å². The minimum atomic E-state index is -0.935. The minimum absolute atomic E-state index is 0.0178. The number of benzene rings is 2. The third-order valence-electron chi connectivity index (χ3n) is 6.98. The molecular weight excluding hydrogens is 516 g/mol. The summed E-state index contributed by atoms with van der Waals surface area (Å²) in [6.07, 6.45) is 0.698. The zero-order valence-electron chi connectivity index (χ0n) is 22.5. The van der Waals surface area contributed by atoms with E-state index in [1.165, 1.54) is 4.90 Å². The first-order chi connectivity index (χ1) is 18.6. The van der Waals surface area contributed by atoms with Crippen LogP contribution in [0, 0.1) is 6.92 Å². The van der Waals surface area contributed by atoms with Gasteiger partial charge >= 0.3 is 11.9 Å². The van der Waals surface area contributed by atoms with E-state index in [0.29, 0.717) is 23.2 Å². The fraction of sp³-hybridized carbons (Fsp3) is 0.333. The number of ketones is 1. The molecule has 2 atom stereocenters. The summed E-state index contributed by atoms with van der Waals surface area (Å²) in [6, 6.07) is 11.9. The second kappa shape index (κ2) is 10.3. The second-order valence-electron chi connectivity index (χ2n) is 10.1. The summed E-state index contributed by atoms with van der Waals surface area (Å²) in [5.41, 5.74) is 3.46. The number of carbonyl (C=O) groups excluding carboxylic acids is 3. The van der Waals surface area contributed by atoms with Crippen molar-refractivity contribution >= 4 is 39.9 Å². The number of aliphatic hydroxyl groups excluding tert-OH is 1. The molecule has 0 aliphatic carbocycles. The maximum Gasteiger partial charge on any atom is 0.350 e. The van der Waals surface area contributed by atoms with Gasteiger partial charge < -0.3 is 14.6 Å². The van der Waals surface area contributed by atoms with Crippen LogP contribution in [-0.4, -0.2) is 40.5 Å². The number of thiazole rings is 1. The van der Waals surface area contributed by atoms with Gasteiger partial charge in [0.25, 0.3) is 5.78 Å². The van der Waals surface area contributed by atoms with Gasteiger partial charge in [0, 0.05) is 12.0 Å². The van der Waals surface area contributed by atoms with Crippen LogP contribution in [0.4, 0.5) is 5.13 Å². The SMILES string of the molecule is CCOC(=O)c1sc(N2C(=O)C(=O)C(=C(O)c3ccc4c(c3)C[C@@H](C)O4)[C@@H]2c2ccc(C(C)C)cc2)nc1C. The summed E-state index contributed by atoms with van der Waals surface area (Å²) in [5.74, 6) is -1.42. The van der Waals surface area contributed by atoms with Crippen molar-refractivity contribution in [2.24, 2.45) is 0 Å². The van der Waals surface area contributed by atoms with Gasteiger partial charge in [0.05, 0.1) is 23.9 Å². The Balaban J connectivity index is 1.66. The van der Waals surface area contributed by atoms with Gasteiger partial charge in [0.15, 0.2) is 5.13 Å². The highest BCUT2D eigenvalue weighted by molar-refractivity contribution is 7.17. The Kier molecular flexibility index (Phi) is 7.03. The molecule has 2 aliphatic rings. The monoisotopic (exact) mass is 546 g/mol. The lowest BCUT2D eigenvalue weighted by atomic mass is 9.93. The Morgan fingerprint density at radius 1 is 1.21 bits per heavy atom. The van der Waals surface area contributed by atoms with Gasteiger partial charge in [-0.15, -0.1) is 0 Å². The zero-order valence-corrected chi connectivity index (χ0v) is 23.3. The highest BCUT2D eigenvalue weighted by Crippen LogP contribution is 2.44. The molecule has 5 rings (SSSR count). The number of aryl methyl sites for hydroxylation is 1. The van der Waals surface area contributed by atoms with Crippen molar-refractivity contribution in [2.45, 2.75) is 59.1 Å². The average molecular weight is 547 g/mol. The predicted octanol–water partition coefficient (Wildman–Crippen LogP) is 5.70. The lowest BCUT2D eigenvalue weighted by Gasteiger charge is -2.23. The van der Waals surface area contributed by atoms with Crippen LogP contribution >= 0.6 is 11.3 Å². The quantitative estimate of drug-likeness (QED) is 0.183. The average Bonchev–Trinajstić information content (AvgIpc) is 3.55. The smallest absolute Gasteiger partial charge is 0.350 e. The molecule has 1 N–H and O–H groups in total. The molecule has 202 valence electrons. The maximum absolute atomic E-state index is 13.5. The lowest BCUT2D eigenvalue weighted by molar-refractivity contribution is -0.132. The Morgan fingerprint density at radius 2 is 1.92 bits per heavy atom. The molecule has 0 saturated carbocycles. The first-order valence-corrected chi connectivity index (χ1v) is 13.8. The molecule has 9 heteroatoms. The van der Waals surface area contributed by atoms with Gasteiger partial charge in [0.2, 0.25) is 0 Å². The van der Waals surface area contributed by atoms with E-state index in [2.05, 4.69) is 18.8 Å². The van der Waals surface area contributed by atoms with Gasteiger partial charge in [-0.2, -0.15) is 0 Å². The first kappa shape index (κ1) is 26.6. The van der Waals surface area contributed by atoms with Crippen molar-refractivity contribution in [3.63, 3.8) is 0 Å². The van der Waals surface area contributed by atoms with Crippen molar-refractivity contribution < 1.29 is 29.0 Å². The molecule has 1 fully saturated rings. The lowest BCUT2D eigenvalue weighted by Crippen LogP contribution is -2.29. The third kappa shape index (κ3) is 4.71. The Labute approximate surface area is 230 Å². The molecule has 0 bridgehead atoms. The zero-order chi connectivity index (χ0) is 28.0. The molecule has 0 spiro atoms. The van der Waals surface area contributed by atoms with Crippen LogP contribution in [0.3, 0.4) is 0 Å². The van der Waals surface area contributed by atoms with Gasteiger partial charge in [0.1, 0.15) is 22.5 Å². The number of nitrogens with zero attached hydrogens (tertiary/aromatic N) is 2. The van der Waals surface area contributed by atoms with Gasteiger partial charge in [-0.05, 0) is 61.6 Å². The summed E-state index contributed by atoms with van der Waals surface area (Å²) in [7, 11) is 0. The molecular formula is C30H30N2O6S. The van der Waals surface area contributed by atoms with Crippen LogP contribution < -0.4 is 9.64 Å². The number of anilines is 1. The van der Waals surface area contributed by atoms with Crippen molar-refractivity contribution in [2.75, 3.05) is 11.5 Å². The number of esters is 1. The topological polar surface area (TPSA) is 106 Å². The van der Waals surface area contributed by atoms with E-state index in [4.69, 9.17) is 9.47 Å². The summed E-state index contributed by atoms with van der Waals surface area (Å²) in [5, 5.41) is 11.7. The minimum Gasteiger partial charge on any atom is -0.507 e. The molecule has 2 aliphatic heterocycles. The number of aromatic nitrogens is 1. The highest BCUT2D eigenvalue weighted by Gasteiger charge is 2.48. The highest BCUT2D eigenvalue weighted by atomic mass is 32.1. The second-order valence-corrected chi connectivity index (χ2v) is 11.1. The van der Waals surface area contributed by atoms with Gasteiger partial charge in [-0.3, -0.25) is 14.5 Å². The maximum atomic E-state index is 13.5. The standard InChI is InChI=1S/C30H30N2O6S/c1-6-37-29(36)27-17(5)31-30(39-27)32-24(19-9-7-18(8-10-19)15(2)3)23(26(34)28(32)35)25(33)20-11-12-22-21(14-20)13-16(4)38-22/h7-12,14-16,24,33H,6,13H2,1-5H3/t16-,24+/m1/s1. The number of aliphatic hydroxyl groups is 1. The van der Waals surface area contributed by atoms with Crippen LogP contribution in [0.2, 0.25) is 0 Å². The molecule has 8 nitrogen and oxygen atoms in total. The molecule has 3 aromatic rings. The van der Waals surface area contributed by atoms with Crippen molar-refractivity contribution in [1.29, 1.82) is 0 Å². The van der Waals surface area contributed by atoms with Crippen molar-refractivity contribution in [3.8, 4) is 5.75 Å². The van der Waals surface area contributed by atoms with E-state index in [0.717, 1.165) is 28.2 Å². The normalized spacial score (nSPS) is 19.9. The Bertz CT molecular complexity index is 1500. The van der Waals surface area contributed by atoms with E-state index in [-0.39, 0.29) is 40.0 Å². The number of hydrogen-bond donors (Lipinski definition) is 1. The van der Waals surface area contributed by atoms with Crippen LogP contribution in [0.5, 0.6) is 5.75 Å². The summed E-state index contributed by atoms with van der Waals surface area (Å²) < 4.78 is 10.9. The van der Waals surface area contributed by atoms with E-state index in [1.807, 2.05) is 31.2 Å². The molecule has 1 saturated heterocycles.